The smallest absolute Gasteiger partial charge is 0.335 e. The number of nitrogens with two attached hydrogens (primary N) is 1. The van der Waals surface area contributed by atoms with Crippen molar-refractivity contribution in [2.24, 2.45) is 0 Å². The van der Waals surface area contributed by atoms with Crippen LogP contribution >= 0.6 is 0 Å². The van der Waals surface area contributed by atoms with E-state index in [0.29, 0.717) is 5.69 Å². The molecule has 0 fully saturated rings. The Kier molecular flexibility index (Phi) is 6.02. The van der Waals surface area contributed by atoms with E-state index in [1.54, 1.807) is 6.92 Å². The number of ether oxygens (including phenoxy) is 1. The third kappa shape index (κ3) is 4.98. The Balaban J connectivity index is 2.73. The molecule has 2 unspecified atom stereocenters. The number of aromatic carboxylic acids is 1. The van der Waals surface area contributed by atoms with Crippen LogP contribution in [0.5, 0.6) is 5.75 Å². The molecule has 1 aromatic rings. The van der Waals surface area contributed by atoms with Crippen LogP contribution in [0.4, 0.5) is 5.69 Å². The van der Waals surface area contributed by atoms with Crippen molar-refractivity contribution in [2.45, 2.75) is 45.8 Å². The zero-order valence-electron chi connectivity index (χ0n) is 12.6. The highest BCUT2D eigenvalue weighted by Gasteiger charge is 2.18. The van der Waals surface area contributed by atoms with Crippen LogP contribution in [0.3, 0.4) is 0 Å². The Morgan fingerprint density at radius 1 is 1.38 bits per heavy atom. The number of carbonyl (C=O) groups is 2. The average Bonchev–Trinajstić information content (AvgIpc) is 2.40. The molecule has 6 heteroatoms. The zero-order valence-corrected chi connectivity index (χ0v) is 12.6. The second-order valence-electron chi connectivity index (χ2n) is 5.02. The van der Waals surface area contributed by atoms with Gasteiger partial charge in [-0.3, -0.25) is 4.79 Å². The monoisotopic (exact) mass is 294 g/mol. The summed E-state index contributed by atoms with van der Waals surface area (Å²) in [5.74, 6) is -1.13. The molecule has 0 aliphatic rings. The van der Waals surface area contributed by atoms with Crippen molar-refractivity contribution in [3.05, 3.63) is 23.8 Å². The summed E-state index contributed by atoms with van der Waals surface area (Å²) in [6.07, 6.45) is 1.11. The molecule has 0 aliphatic carbocycles. The topological polar surface area (TPSA) is 102 Å². The highest BCUT2D eigenvalue weighted by Crippen LogP contribution is 2.24. The van der Waals surface area contributed by atoms with E-state index in [9.17, 15) is 9.59 Å². The maximum atomic E-state index is 12.0. The maximum Gasteiger partial charge on any atom is 0.335 e. The van der Waals surface area contributed by atoms with E-state index in [2.05, 4.69) is 5.32 Å². The molecule has 21 heavy (non-hydrogen) atoms. The summed E-state index contributed by atoms with van der Waals surface area (Å²) >= 11 is 0. The fourth-order valence-electron chi connectivity index (χ4n) is 1.88. The van der Waals surface area contributed by atoms with Gasteiger partial charge < -0.3 is 20.9 Å². The molecule has 0 saturated carbocycles. The number of benzene rings is 1. The van der Waals surface area contributed by atoms with Gasteiger partial charge in [0.05, 0.1) is 11.3 Å². The van der Waals surface area contributed by atoms with Crippen LogP contribution in [0.1, 0.15) is 44.0 Å². The average molecular weight is 294 g/mol. The van der Waals surface area contributed by atoms with Crippen LogP contribution in [0, 0.1) is 0 Å². The molecule has 1 amide bonds. The molecule has 0 aromatic heterocycles. The number of hydrogen-bond acceptors (Lipinski definition) is 4. The SMILES string of the molecule is CCCC(C)NC(=O)C(C)Oc1cc(C(=O)O)ccc1N. The first kappa shape index (κ1) is 16.8. The van der Waals surface area contributed by atoms with Gasteiger partial charge in [-0.25, -0.2) is 4.79 Å². The molecule has 116 valence electrons. The highest BCUT2D eigenvalue weighted by molar-refractivity contribution is 5.89. The molecule has 1 rings (SSSR count). The molecular weight excluding hydrogens is 272 g/mol. The Bertz CT molecular complexity index is 516. The molecule has 1 aromatic carbocycles. The third-order valence-electron chi connectivity index (χ3n) is 3.04. The molecular formula is C15H22N2O4. The summed E-state index contributed by atoms with van der Waals surface area (Å²) < 4.78 is 5.48. The first-order chi connectivity index (χ1) is 9.85. The lowest BCUT2D eigenvalue weighted by molar-refractivity contribution is -0.127. The molecule has 4 N–H and O–H groups in total. The van der Waals surface area contributed by atoms with Crippen LogP contribution in [0.25, 0.3) is 0 Å². The molecule has 0 spiro atoms. The minimum Gasteiger partial charge on any atom is -0.479 e. The second-order valence-corrected chi connectivity index (χ2v) is 5.02. The number of rotatable bonds is 7. The van der Waals surface area contributed by atoms with E-state index in [-0.39, 0.29) is 23.3 Å². The lowest BCUT2D eigenvalue weighted by Gasteiger charge is -2.19. The first-order valence-electron chi connectivity index (χ1n) is 6.95. The number of nitrogens with one attached hydrogen (secondary N) is 1. The molecule has 0 bridgehead atoms. The summed E-state index contributed by atoms with van der Waals surface area (Å²) in [5.41, 5.74) is 6.09. The normalized spacial score (nSPS) is 13.3. The van der Waals surface area contributed by atoms with E-state index < -0.39 is 12.1 Å². The summed E-state index contributed by atoms with van der Waals surface area (Å²) in [6.45, 7) is 5.56. The van der Waals surface area contributed by atoms with Crippen molar-refractivity contribution in [1.29, 1.82) is 0 Å². The minimum atomic E-state index is -1.08. The van der Waals surface area contributed by atoms with Gasteiger partial charge in [0.1, 0.15) is 5.75 Å². The van der Waals surface area contributed by atoms with E-state index in [0.717, 1.165) is 12.8 Å². The largest absolute Gasteiger partial charge is 0.479 e. The highest BCUT2D eigenvalue weighted by atomic mass is 16.5. The van der Waals surface area contributed by atoms with Crippen molar-refractivity contribution in [1.82, 2.24) is 5.32 Å². The van der Waals surface area contributed by atoms with Crippen molar-refractivity contribution in [3.63, 3.8) is 0 Å². The van der Waals surface area contributed by atoms with E-state index in [4.69, 9.17) is 15.6 Å². The number of hydrogen-bond donors (Lipinski definition) is 3. The Morgan fingerprint density at radius 3 is 2.62 bits per heavy atom. The lowest BCUT2D eigenvalue weighted by Crippen LogP contribution is -2.41. The number of carboxylic acid groups (broad SMARTS) is 1. The van der Waals surface area contributed by atoms with Gasteiger partial charge in [-0.2, -0.15) is 0 Å². The quantitative estimate of drug-likeness (QED) is 0.668. The number of carboxylic acids is 1. The van der Waals surface area contributed by atoms with Gasteiger partial charge in [0.2, 0.25) is 0 Å². The summed E-state index contributed by atoms with van der Waals surface area (Å²) in [7, 11) is 0. The summed E-state index contributed by atoms with van der Waals surface area (Å²) in [4.78, 5) is 22.9. The second kappa shape index (κ2) is 7.52. The predicted molar refractivity (Wildman–Crippen MR) is 80.4 cm³/mol. The fourth-order valence-corrected chi connectivity index (χ4v) is 1.88. The minimum absolute atomic E-state index is 0.0613. The van der Waals surface area contributed by atoms with Crippen LogP contribution < -0.4 is 15.8 Å². The summed E-state index contributed by atoms with van der Waals surface area (Å²) in [6, 6.07) is 4.22. The Hall–Kier alpha value is -2.24. The van der Waals surface area contributed by atoms with Crippen molar-refractivity contribution in [2.75, 3.05) is 5.73 Å². The van der Waals surface area contributed by atoms with E-state index >= 15 is 0 Å². The van der Waals surface area contributed by atoms with Crippen LogP contribution in [-0.4, -0.2) is 29.1 Å². The van der Waals surface area contributed by atoms with Gasteiger partial charge >= 0.3 is 5.97 Å². The van der Waals surface area contributed by atoms with Gasteiger partial charge in [-0.1, -0.05) is 13.3 Å². The number of nitrogen functional groups attached to an aromatic ring is 1. The number of amides is 1. The molecule has 0 radical (unpaired) electrons. The predicted octanol–water partition coefficient (Wildman–Crippen LogP) is 2.04. The van der Waals surface area contributed by atoms with Gasteiger partial charge in [-0.15, -0.1) is 0 Å². The molecule has 0 heterocycles. The Labute approximate surface area is 124 Å². The third-order valence-corrected chi connectivity index (χ3v) is 3.04. The van der Waals surface area contributed by atoms with Gasteiger partial charge in [0.15, 0.2) is 6.10 Å². The Morgan fingerprint density at radius 2 is 2.05 bits per heavy atom. The van der Waals surface area contributed by atoms with Crippen molar-refractivity contribution < 1.29 is 19.4 Å². The van der Waals surface area contributed by atoms with Crippen LogP contribution in [0.15, 0.2) is 18.2 Å². The molecule has 6 nitrogen and oxygen atoms in total. The van der Waals surface area contributed by atoms with Gasteiger partial charge in [0, 0.05) is 6.04 Å². The molecule has 0 aliphatic heterocycles. The zero-order chi connectivity index (χ0) is 16.0. The van der Waals surface area contributed by atoms with Crippen LogP contribution in [0.2, 0.25) is 0 Å². The molecule has 2 atom stereocenters. The first-order valence-corrected chi connectivity index (χ1v) is 6.95. The van der Waals surface area contributed by atoms with Crippen LogP contribution in [-0.2, 0) is 4.79 Å². The van der Waals surface area contributed by atoms with Gasteiger partial charge in [0.25, 0.3) is 5.91 Å². The van der Waals surface area contributed by atoms with E-state index in [1.165, 1.54) is 18.2 Å². The number of anilines is 1. The molecule has 0 saturated heterocycles. The van der Waals surface area contributed by atoms with Crippen molar-refractivity contribution in [3.8, 4) is 5.75 Å². The van der Waals surface area contributed by atoms with E-state index in [1.807, 2.05) is 13.8 Å². The standard InChI is InChI=1S/C15H22N2O4/c1-4-5-9(2)17-14(18)10(3)21-13-8-11(15(19)20)6-7-12(13)16/h6-10H,4-5,16H2,1-3H3,(H,17,18)(H,19,20). The van der Waals surface area contributed by atoms with Crippen molar-refractivity contribution >= 4 is 17.6 Å². The fraction of sp³-hybridized carbons (Fsp3) is 0.467. The number of carbonyl (C=O) groups excluding carboxylic acids is 1. The summed E-state index contributed by atoms with van der Waals surface area (Å²) in [5, 5.41) is 11.8. The van der Waals surface area contributed by atoms with Gasteiger partial charge in [-0.05, 0) is 38.5 Å². The lowest BCUT2D eigenvalue weighted by atomic mass is 10.2. The maximum absolute atomic E-state index is 12.0.